The summed E-state index contributed by atoms with van der Waals surface area (Å²) in [6.07, 6.45) is 0.480. The molecule has 1 saturated heterocycles. The molecule has 0 bridgehead atoms. The van der Waals surface area contributed by atoms with Crippen LogP contribution in [-0.2, 0) is 0 Å². The number of methoxy groups -OCH3 is 1. The zero-order chi connectivity index (χ0) is 32.6. The summed E-state index contributed by atoms with van der Waals surface area (Å²) in [4.78, 5) is 8.69. The summed E-state index contributed by atoms with van der Waals surface area (Å²) in [6.45, 7) is 12.4. The van der Waals surface area contributed by atoms with Gasteiger partial charge in [0.2, 0.25) is 0 Å². The lowest BCUT2D eigenvalue weighted by atomic mass is 10.1. The number of aliphatic imine (C=N–C) groups is 1. The molecule has 0 N–H and O–H groups in total. The van der Waals surface area contributed by atoms with Crippen LogP contribution < -0.4 is 19.3 Å². The lowest BCUT2D eigenvalue weighted by Gasteiger charge is -2.36. The van der Waals surface area contributed by atoms with E-state index < -0.39 is 6.36 Å². The molecule has 1 aliphatic heterocycles. The Bertz CT molecular complexity index is 1540. The highest BCUT2D eigenvalue weighted by Crippen LogP contribution is 2.33. The van der Waals surface area contributed by atoms with Gasteiger partial charge in [0.25, 0.3) is 0 Å². The van der Waals surface area contributed by atoms with Crippen molar-refractivity contribution < 1.29 is 22.6 Å². The number of ether oxygens (including phenoxy) is 2. The highest BCUT2D eigenvalue weighted by atomic mass is 32.2. The van der Waals surface area contributed by atoms with E-state index in [1.165, 1.54) is 12.1 Å². The van der Waals surface area contributed by atoms with Gasteiger partial charge in [0.05, 0.1) is 25.4 Å². The van der Waals surface area contributed by atoms with E-state index in [-0.39, 0.29) is 17.8 Å². The zero-order valence-corrected chi connectivity index (χ0v) is 26.9. The maximum atomic E-state index is 12.6. The fourth-order valence-corrected chi connectivity index (χ4v) is 5.88. The van der Waals surface area contributed by atoms with Gasteiger partial charge in [0.1, 0.15) is 11.5 Å². The third kappa shape index (κ3) is 9.13. The van der Waals surface area contributed by atoms with Crippen LogP contribution in [0.1, 0.15) is 50.3 Å². The normalized spacial score (nSPS) is 17.2. The molecule has 0 saturated carbocycles. The van der Waals surface area contributed by atoms with Crippen molar-refractivity contribution in [1.82, 2.24) is 0 Å². The van der Waals surface area contributed by atoms with E-state index in [0.717, 1.165) is 51.9 Å². The van der Waals surface area contributed by atoms with E-state index in [1.54, 1.807) is 43.6 Å². The van der Waals surface area contributed by atoms with Crippen LogP contribution in [0.4, 0.5) is 24.5 Å². The van der Waals surface area contributed by atoms with Gasteiger partial charge in [0, 0.05) is 29.2 Å². The molecule has 0 aliphatic carbocycles. The van der Waals surface area contributed by atoms with Crippen molar-refractivity contribution in [3.8, 4) is 11.5 Å². The number of amidine groups is 1. The summed E-state index contributed by atoms with van der Waals surface area (Å²) >= 11 is 1.69. The van der Waals surface area contributed by atoms with E-state index in [4.69, 9.17) is 4.74 Å². The van der Waals surface area contributed by atoms with Gasteiger partial charge in [-0.25, -0.2) is 4.99 Å². The van der Waals surface area contributed by atoms with Crippen LogP contribution in [0.3, 0.4) is 0 Å². The highest BCUT2D eigenvalue weighted by molar-refractivity contribution is 8.14. The number of hydrogen-bond donors (Lipinski definition) is 0. The Balaban J connectivity index is 1.44. The monoisotopic (exact) mass is 637 g/mol. The summed E-state index contributed by atoms with van der Waals surface area (Å²) in [5.41, 5.74) is 5.14. The van der Waals surface area contributed by atoms with Gasteiger partial charge in [-0.05, 0) is 92.8 Å². The lowest BCUT2D eigenvalue weighted by molar-refractivity contribution is -0.274. The molecule has 3 aromatic carbocycles. The first-order valence-corrected chi connectivity index (χ1v) is 15.6. The molecule has 1 heterocycles. The first kappa shape index (κ1) is 33.6. The Kier molecular flexibility index (Phi) is 11.3. The van der Waals surface area contributed by atoms with Crippen LogP contribution in [0, 0.1) is 6.92 Å². The summed E-state index contributed by atoms with van der Waals surface area (Å²) in [5.74, 6) is 1.52. The minimum absolute atomic E-state index is 0.0472. The first-order valence-electron chi connectivity index (χ1n) is 14.6. The molecule has 238 valence electrons. The SMILES string of the molecule is C=C(N=CN(c1ccc(OC(F)(F)F)cc1)C(C)CC)c1ccc(C=NN=C2SCCC(C)N2c2ccc(OC)cc2C)cc1. The number of halogens is 3. The molecule has 0 radical (unpaired) electrons. The molecule has 1 fully saturated rings. The van der Waals surface area contributed by atoms with Crippen LogP contribution in [0.15, 0.2) is 88.5 Å². The fourth-order valence-electron chi connectivity index (χ4n) is 4.72. The minimum atomic E-state index is -4.74. The van der Waals surface area contributed by atoms with E-state index in [0.29, 0.717) is 11.4 Å². The summed E-state index contributed by atoms with van der Waals surface area (Å²) in [7, 11) is 1.67. The standard InChI is InChI=1S/C34H38F3N5O2S/c1-7-24(3)41(29-12-14-30(15-13-29)44-34(35,36)37)22-38-26(5)28-10-8-27(9-11-28)21-39-40-33-42(25(4)18-19-45-33)32-17-16-31(43-6)20-23(32)2/h8-17,20-22,24-25H,5,7,18-19H2,1-4,6H3. The molecule has 0 spiro atoms. The van der Waals surface area contributed by atoms with Gasteiger partial charge in [-0.15, -0.1) is 18.3 Å². The second-order valence-corrected chi connectivity index (χ2v) is 11.7. The number of aryl methyl sites for hydroxylation is 1. The third-order valence-corrected chi connectivity index (χ3v) is 8.42. The van der Waals surface area contributed by atoms with Crippen LogP contribution in [0.5, 0.6) is 11.5 Å². The van der Waals surface area contributed by atoms with Crippen molar-refractivity contribution in [1.29, 1.82) is 0 Å². The molecular weight excluding hydrogens is 599 g/mol. The molecule has 2 unspecified atom stereocenters. The van der Waals surface area contributed by atoms with Crippen LogP contribution in [-0.4, -0.2) is 49.0 Å². The van der Waals surface area contributed by atoms with Gasteiger partial charge in [-0.3, -0.25) is 0 Å². The van der Waals surface area contributed by atoms with Crippen molar-refractivity contribution in [2.24, 2.45) is 15.2 Å². The fraction of sp³-hybridized carbons (Fsp3) is 0.324. The number of benzene rings is 3. The number of alkyl halides is 3. The van der Waals surface area contributed by atoms with Gasteiger partial charge in [0.15, 0.2) is 5.17 Å². The smallest absolute Gasteiger partial charge is 0.497 e. The molecule has 0 aromatic heterocycles. The Morgan fingerprint density at radius 2 is 1.80 bits per heavy atom. The predicted octanol–water partition coefficient (Wildman–Crippen LogP) is 8.93. The molecule has 45 heavy (non-hydrogen) atoms. The van der Waals surface area contributed by atoms with Crippen LogP contribution >= 0.6 is 11.8 Å². The van der Waals surface area contributed by atoms with Crippen molar-refractivity contribution in [2.45, 2.75) is 59.0 Å². The number of thioether (sulfide) groups is 1. The van der Waals surface area contributed by atoms with Crippen molar-refractivity contribution >= 4 is 46.6 Å². The quantitative estimate of drug-likeness (QED) is 0.119. The highest BCUT2D eigenvalue weighted by Gasteiger charge is 2.31. The molecule has 4 rings (SSSR count). The van der Waals surface area contributed by atoms with Gasteiger partial charge in [-0.2, -0.15) is 5.10 Å². The minimum Gasteiger partial charge on any atom is -0.497 e. The number of hydrogen-bond acceptors (Lipinski definition) is 6. The molecule has 0 amide bonds. The largest absolute Gasteiger partial charge is 0.573 e. The average molecular weight is 638 g/mol. The Morgan fingerprint density at radius 1 is 1.11 bits per heavy atom. The summed E-state index contributed by atoms with van der Waals surface area (Å²) in [5, 5.41) is 9.85. The molecule has 7 nitrogen and oxygen atoms in total. The average Bonchev–Trinajstić information content (AvgIpc) is 3.01. The number of anilines is 2. The number of rotatable bonds is 11. The predicted molar refractivity (Wildman–Crippen MR) is 181 cm³/mol. The lowest BCUT2D eigenvalue weighted by Crippen LogP contribution is -2.41. The van der Waals surface area contributed by atoms with E-state index >= 15 is 0 Å². The van der Waals surface area contributed by atoms with E-state index in [9.17, 15) is 13.2 Å². The summed E-state index contributed by atoms with van der Waals surface area (Å²) in [6, 6.07) is 19.8. The van der Waals surface area contributed by atoms with E-state index in [2.05, 4.69) is 51.3 Å². The van der Waals surface area contributed by atoms with Gasteiger partial charge < -0.3 is 19.3 Å². The number of nitrogens with zero attached hydrogens (tertiary/aromatic N) is 5. The first-order chi connectivity index (χ1) is 21.5. The van der Waals surface area contributed by atoms with Crippen LogP contribution in [0.2, 0.25) is 0 Å². The maximum Gasteiger partial charge on any atom is 0.573 e. The van der Waals surface area contributed by atoms with Crippen molar-refractivity contribution in [3.63, 3.8) is 0 Å². The Labute approximate surface area is 267 Å². The van der Waals surface area contributed by atoms with Gasteiger partial charge in [-0.1, -0.05) is 49.5 Å². The maximum absolute atomic E-state index is 12.6. The molecule has 3 aromatic rings. The second kappa shape index (κ2) is 15.2. The Morgan fingerprint density at radius 3 is 2.42 bits per heavy atom. The third-order valence-electron chi connectivity index (χ3n) is 7.44. The molecule has 11 heteroatoms. The Hall–Kier alpha value is -4.25. The summed E-state index contributed by atoms with van der Waals surface area (Å²) < 4.78 is 47.0. The van der Waals surface area contributed by atoms with E-state index in [1.807, 2.05) is 55.1 Å². The molecule has 2 atom stereocenters. The van der Waals surface area contributed by atoms with Crippen molar-refractivity contribution in [3.05, 3.63) is 90.0 Å². The molecule has 1 aliphatic rings. The van der Waals surface area contributed by atoms with Gasteiger partial charge >= 0.3 is 6.36 Å². The topological polar surface area (TPSA) is 62.0 Å². The van der Waals surface area contributed by atoms with Crippen LogP contribution in [0.25, 0.3) is 5.70 Å². The van der Waals surface area contributed by atoms with Crippen molar-refractivity contribution in [2.75, 3.05) is 22.7 Å². The zero-order valence-electron chi connectivity index (χ0n) is 26.1. The molecular formula is C34H38F3N5O2S. The second-order valence-electron chi connectivity index (χ2n) is 10.7.